The average molecular weight is 399 g/mol. The van der Waals surface area contributed by atoms with Crippen LogP contribution in [0, 0.1) is 19.8 Å². The van der Waals surface area contributed by atoms with Crippen molar-refractivity contribution in [1.29, 1.82) is 0 Å². The van der Waals surface area contributed by atoms with Crippen molar-refractivity contribution in [3.63, 3.8) is 0 Å². The molecular formula is C25H26N4O. The SMILES string of the molecule is Cc1cc(C)cc(-c2cnn3c(-c4cccc(NC(=O)CC(C)C)c4)ccnc23)c1. The molecule has 0 fully saturated rings. The van der Waals surface area contributed by atoms with E-state index in [0.29, 0.717) is 12.3 Å². The number of nitrogens with zero attached hydrogens (tertiary/aromatic N) is 3. The van der Waals surface area contributed by atoms with Gasteiger partial charge in [0.05, 0.1) is 11.9 Å². The molecule has 0 saturated carbocycles. The minimum Gasteiger partial charge on any atom is -0.326 e. The zero-order chi connectivity index (χ0) is 21.3. The van der Waals surface area contributed by atoms with E-state index in [1.54, 1.807) is 0 Å². The highest BCUT2D eigenvalue weighted by molar-refractivity contribution is 5.91. The van der Waals surface area contributed by atoms with Crippen molar-refractivity contribution in [3.8, 4) is 22.4 Å². The molecule has 0 aliphatic carbocycles. The Labute approximate surface area is 176 Å². The molecule has 0 radical (unpaired) electrons. The fourth-order valence-corrected chi connectivity index (χ4v) is 3.78. The van der Waals surface area contributed by atoms with E-state index in [1.807, 2.05) is 61.1 Å². The fraction of sp³-hybridized carbons (Fsp3) is 0.240. The van der Waals surface area contributed by atoms with Gasteiger partial charge in [0, 0.05) is 29.4 Å². The lowest BCUT2D eigenvalue weighted by atomic mass is 10.0. The Morgan fingerprint density at radius 2 is 1.80 bits per heavy atom. The lowest BCUT2D eigenvalue weighted by Crippen LogP contribution is -2.13. The minimum absolute atomic E-state index is 0.0261. The van der Waals surface area contributed by atoms with Gasteiger partial charge in [-0.25, -0.2) is 9.50 Å². The topological polar surface area (TPSA) is 59.3 Å². The molecule has 1 N–H and O–H groups in total. The maximum absolute atomic E-state index is 12.2. The lowest BCUT2D eigenvalue weighted by Gasteiger charge is -2.10. The number of aryl methyl sites for hydroxylation is 2. The van der Waals surface area contributed by atoms with Crippen molar-refractivity contribution in [2.75, 3.05) is 5.32 Å². The largest absolute Gasteiger partial charge is 0.326 e. The van der Waals surface area contributed by atoms with Gasteiger partial charge in [0.2, 0.25) is 5.91 Å². The summed E-state index contributed by atoms with van der Waals surface area (Å²) < 4.78 is 1.86. The summed E-state index contributed by atoms with van der Waals surface area (Å²) in [6.45, 7) is 8.27. The molecule has 5 nitrogen and oxygen atoms in total. The predicted octanol–water partition coefficient (Wildman–Crippen LogP) is 5.66. The summed E-state index contributed by atoms with van der Waals surface area (Å²) >= 11 is 0. The lowest BCUT2D eigenvalue weighted by molar-refractivity contribution is -0.116. The van der Waals surface area contributed by atoms with Gasteiger partial charge in [-0.2, -0.15) is 5.10 Å². The first-order valence-corrected chi connectivity index (χ1v) is 10.2. The quantitative estimate of drug-likeness (QED) is 0.471. The van der Waals surface area contributed by atoms with E-state index in [-0.39, 0.29) is 5.91 Å². The van der Waals surface area contributed by atoms with Gasteiger partial charge in [-0.15, -0.1) is 0 Å². The van der Waals surface area contributed by atoms with Crippen molar-refractivity contribution in [1.82, 2.24) is 14.6 Å². The van der Waals surface area contributed by atoms with Crippen LogP contribution in [0.2, 0.25) is 0 Å². The number of carbonyl (C=O) groups excluding carboxylic acids is 1. The molecule has 5 heteroatoms. The number of nitrogens with one attached hydrogen (secondary N) is 1. The highest BCUT2D eigenvalue weighted by Crippen LogP contribution is 2.29. The molecule has 2 heterocycles. The molecule has 0 bridgehead atoms. The van der Waals surface area contributed by atoms with Gasteiger partial charge >= 0.3 is 0 Å². The first-order valence-electron chi connectivity index (χ1n) is 10.2. The van der Waals surface area contributed by atoms with Gasteiger partial charge < -0.3 is 5.32 Å². The molecule has 30 heavy (non-hydrogen) atoms. The van der Waals surface area contributed by atoms with E-state index < -0.39 is 0 Å². The summed E-state index contributed by atoms with van der Waals surface area (Å²) in [6.07, 6.45) is 4.18. The summed E-state index contributed by atoms with van der Waals surface area (Å²) in [5, 5.41) is 7.62. The van der Waals surface area contributed by atoms with Crippen molar-refractivity contribution in [2.45, 2.75) is 34.1 Å². The van der Waals surface area contributed by atoms with Gasteiger partial charge in [-0.05, 0) is 43.5 Å². The van der Waals surface area contributed by atoms with Gasteiger partial charge in [0.1, 0.15) is 0 Å². The second kappa shape index (κ2) is 8.11. The number of amides is 1. The van der Waals surface area contributed by atoms with Gasteiger partial charge in [0.25, 0.3) is 0 Å². The van der Waals surface area contributed by atoms with Crippen LogP contribution in [0.4, 0.5) is 5.69 Å². The highest BCUT2D eigenvalue weighted by Gasteiger charge is 2.13. The molecule has 0 saturated heterocycles. The maximum Gasteiger partial charge on any atom is 0.224 e. The van der Waals surface area contributed by atoms with Crippen LogP contribution in [0.15, 0.2) is 60.9 Å². The molecule has 0 unspecified atom stereocenters. The Hall–Kier alpha value is -3.47. The second-order valence-electron chi connectivity index (χ2n) is 8.23. The Kier molecular flexibility index (Phi) is 5.36. The van der Waals surface area contributed by atoms with Crippen molar-refractivity contribution in [2.24, 2.45) is 5.92 Å². The summed E-state index contributed by atoms with van der Waals surface area (Å²) in [7, 11) is 0. The minimum atomic E-state index is 0.0261. The number of fused-ring (bicyclic) bond motifs is 1. The predicted molar refractivity (Wildman–Crippen MR) is 121 cm³/mol. The Morgan fingerprint density at radius 1 is 1.03 bits per heavy atom. The van der Waals surface area contributed by atoms with E-state index in [0.717, 1.165) is 33.7 Å². The average Bonchev–Trinajstić information content (AvgIpc) is 3.11. The zero-order valence-electron chi connectivity index (χ0n) is 17.8. The molecule has 1 amide bonds. The van der Waals surface area contributed by atoms with E-state index in [1.165, 1.54) is 11.1 Å². The van der Waals surface area contributed by atoms with Crippen molar-refractivity contribution >= 4 is 17.2 Å². The van der Waals surface area contributed by atoms with Crippen LogP contribution in [-0.4, -0.2) is 20.5 Å². The third kappa shape index (κ3) is 4.10. The summed E-state index contributed by atoms with van der Waals surface area (Å²) in [6, 6.07) is 16.3. The highest BCUT2D eigenvalue weighted by atomic mass is 16.1. The smallest absolute Gasteiger partial charge is 0.224 e. The van der Waals surface area contributed by atoms with E-state index in [2.05, 4.69) is 47.4 Å². The molecule has 2 aromatic heterocycles. The van der Waals surface area contributed by atoms with Crippen molar-refractivity contribution in [3.05, 3.63) is 72.1 Å². The molecule has 2 aromatic carbocycles. The van der Waals surface area contributed by atoms with Crippen molar-refractivity contribution < 1.29 is 4.79 Å². The van der Waals surface area contributed by atoms with E-state index in [4.69, 9.17) is 0 Å². The first-order chi connectivity index (χ1) is 14.4. The summed E-state index contributed by atoms with van der Waals surface area (Å²) in [5.41, 5.74) is 8.04. The van der Waals surface area contributed by atoms with Crippen LogP contribution in [0.5, 0.6) is 0 Å². The van der Waals surface area contributed by atoms with Crippen LogP contribution in [0.3, 0.4) is 0 Å². The number of hydrogen-bond donors (Lipinski definition) is 1. The fourth-order valence-electron chi connectivity index (χ4n) is 3.78. The number of benzene rings is 2. The Bertz CT molecular complexity index is 1200. The number of rotatable bonds is 5. The Balaban J connectivity index is 1.73. The van der Waals surface area contributed by atoms with Crippen LogP contribution in [0.25, 0.3) is 28.0 Å². The van der Waals surface area contributed by atoms with Gasteiger partial charge in [-0.1, -0.05) is 55.3 Å². The molecule has 0 atom stereocenters. The van der Waals surface area contributed by atoms with Gasteiger partial charge in [0.15, 0.2) is 5.65 Å². The van der Waals surface area contributed by atoms with E-state index >= 15 is 0 Å². The molecule has 0 aliphatic rings. The number of hydrogen-bond acceptors (Lipinski definition) is 3. The first kappa shape index (κ1) is 19.8. The molecule has 152 valence electrons. The second-order valence-corrected chi connectivity index (χ2v) is 8.23. The third-order valence-electron chi connectivity index (χ3n) is 4.97. The molecule has 4 aromatic rings. The molecule has 0 aliphatic heterocycles. The van der Waals surface area contributed by atoms with Gasteiger partial charge in [-0.3, -0.25) is 4.79 Å². The molecule has 4 rings (SSSR count). The Morgan fingerprint density at radius 3 is 2.53 bits per heavy atom. The van der Waals surface area contributed by atoms with E-state index in [9.17, 15) is 4.79 Å². The standard InChI is InChI=1S/C25H26N4O/c1-16(2)10-24(30)28-21-7-5-6-19(14-21)23-8-9-26-25-22(15-27-29(23)25)20-12-17(3)11-18(4)13-20/h5-9,11-16H,10H2,1-4H3,(H,28,30). The van der Waals surface area contributed by atoms with Crippen LogP contribution in [0.1, 0.15) is 31.4 Å². The molecule has 0 spiro atoms. The number of carbonyl (C=O) groups is 1. The number of anilines is 1. The maximum atomic E-state index is 12.2. The normalized spacial score (nSPS) is 11.2. The van der Waals surface area contributed by atoms with Crippen LogP contribution >= 0.6 is 0 Å². The summed E-state index contributed by atoms with van der Waals surface area (Å²) in [5.74, 6) is 0.346. The van der Waals surface area contributed by atoms with Crippen LogP contribution in [-0.2, 0) is 4.79 Å². The zero-order valence-corrected chi connectivity index (χ0v) is 17.8. The monoisotopic (exact) mass is 398 g/mol. The van der Waals surface area contributed by atoms with Crippen LogP contribution < -0.4 is 5.32 Å². The molecular weight excluding hydrogens is 372 g/mol. The summed E-state index contributed by atoms with van der Waals surface area (Å²) in [4.78, 5) is 16.8. The third-order valence-corrected chi connectivity index (χ3v) is 4.97. The number of aromatic nitrogens is 3.